The van der Waals surface area contributed by atoms with E-state index in [0.29, 0.717) is 31.1 Å². The van der Waals surface area contributed by atoms with Crippen molar-refractivity contribution in [2.45, 2.75) is 25.2 Å². The Hall–Kier alpha value is -0.620. The highest BCUT2D eigenvalue weighted by molar-refractivity contribution is 7.89. The Kier molecular flexibility index (Phi) is 6.05. The minimum absolute atomic E-state index is 0.212. The molecule has 4 nitrogen and oxygen atoms in total. The van der Waals surface area contributed by atoms with Crippen LogP contribution < -0.4 is 0 Å². The number of benzene rings is 1. The maximum atomic E-state index is 12.3. The summed E-state index contributed by atoms with van der Waals surface area (Å²) < 4.78 is 31.2. The van der Waals surface area contributed by atoms with E-state index in [1.807, 2.05) is 24.3 Å². The molecule has 1 saturated heterocycles. The molecule has 0 saturated carbocycles. The topological polar surface area (TPSA) is 46.6 Å². The largest absolute Gasteiger partial charge is 0.385 e. The van der Waals surface area contributed by atoms with Crippen LogP contribution in [0.1, 0.15) is 30.7 Å². The highest BCUT2D eigenvalue weighted by Crippen LogP contribution is 2.29. The molecule has 6 heteroatoms. The van der Waals surface area contributed by atoms with E-state index in [4.69, 9.17) is 16.3 Å². The molecule has 2 rings (SSSR count). The van der Waals surface area contributed by atoms with E-state index < -0.39 is 10.0 Å². The predicted molar refractivity (Wildman–Crippen MR) is 85.3 cm³/mol. The van der Waals surface area contributed by atoms with Crippen molar-refractivity contribution in [2.75, 3.05) is 32.6 Å². The first-order valence-electron chi connectivity index (χ1n) is 7.25. The van der Waals surface area contributed by atoms with Crippen LogP contribution in [0.3, 0.4) is 0 Å². The molecule has 1 aliphatic heterocycles. The summed E-state index contributed by atoms with van der Waals surface area (Å²) in [6, 6.07) is 7.70. The number of rotatable bonds is 7. The number of hydrogen-bond acceptors (Lipinski definition) is 3. The van der Waals surface area contributed by atoms with Gasteiger partial charge in [-0.1, -0.05) is 23.7 Å². The van der Waals surface area contributed by atoms with Crippen molar-refractivity contribution < 1.29 is 13.2 Å². The number of nitrogens with zero attached hydrogens (tertiary/aromatic N) is 1. The van der Waals surface area contributed by atoms with Crippen molar-refractivity contribution in [3.63, 3.8) is 0 Å². The molecule has 1 aliphatic rings. The first kappa shape index (κ1) is 16.7. The molecule has 1 fully saturated rings. The summed E-state index contributed by atoms with van der Waals surface area (Å²) in [4.78, 5) is 0. The monoisotopic (exact) mass is 331 g/mol. The fourth-order valence-electron chi connectivity index (χ4n) is 2.65. The van der Waals surface area contributed by atoms with Crippen LogP contribution in [-0.4, -0.2) is 45.3 Å². The van der Waals surface area contributed by atoms with Gasteiger partial charge in [-0.3, -0.25) is 0 Å². The van der Waals surface area contributed by atoms with Gasteiger partial charge in [0.05, 0.1) is 5.75 Å². The van der Waals surface area contributed by atoms with Gasteiger partial charge >= 0.3 is 0 Å². The number of sulfonamides is 1. The van der Waals surface area contributed by atoms with Crippen LogP contribution in [0.2, 0.25) is 5.02 Å². The van der Waals surface area contributed by atoms with Gasteiger partial charge in [-0.05, 0) is 42.9 Å². The molecule has 1 unspecified atom stereocenters. The van der Waals surface area contributed by atoms with Crippen LogP contribution in [0.4, 0.5) is 0 Å². The molecule has 1 atom stereocenters. The van der Waals surface area contributed by atoms with E-state index in [1.54, 1.807) is 11.4 Å². The first-order valence-corrected chi connectivity index (χ1v) is 9.24. The molecule has 0 spiro atoms. The lowest BCUT2D eigenvalue weighted by atomic mass is 9.99. The molecule has 0 radical (unpaired) electrons. The third kappa shape index (κ3) is 4.68. The van der Waals surface area contributed by atoms with Gasteiger partial charge in [-0.2, -0.15) is 0 Å². The second kappa shape index (κ2) is 7.58. The van der Waals surface area contributed by atoms with Gasteiger partial charge in [0.1, 0.15) is 0 Å². The van der Waals surface area contributed by atoms with Crippen LogP contribution in [0.25, 0.3) is 0 Å². The average molecular weight is 332 g/mol. The van der Waals surface area contributed by atoms with Gasteiger partial charge in [0, 0.05) is 31.8 Å². The quantitative estimate of drug-likeness (QED) is 0.722. The number of unbranched alkanes of at least 4 members (excludes halogenated alkanes) is 1. The van der Waals surface area contributed by atoms with Crippen molar-refractivity contribution in [3.8, 4) is 0 Å². The zero-order valence-corrected chi connectivity index (χ0v) is 13.9. The number of halogens is 1. The fourth-order valence-corrected chi connectivity index (χ4v) is 4.39. The first-order chi connectivity index (χ1) is 10.0. The minimum Gasteiger partial charge on any atom is -0.385 e. The van der Waals surface area contributed by atoms with Crippen LogP contribution in [0.15, 0.2) is 24.3 Å². The van der Waals surface area contributed by atoms with Gasteiger partial charge in [0.25, 0.3) is 0 Å². The van der Waals surface area contributed by atoms with Gasteiger partial charge < -0.3 is 4.74 Å². The average Bonchev–Trinajstić information content (AvgIpc) is 2.95. The lowest BCUT2D eigenvalue weighted by molar-refractivity contribution is 0.194. The number of hydrogen-bond donors (Lipinski definition) is 0. The lowest BCUT2D eigenvalue weighted by Gasteiger charge is -2.16. The second-order valence-electron chi connectivity index (χ2n) is 5.41. The Balaban J connectivity index is 1.90. The summed E-state index contributed by atoms with van der Waals surface area (Å²) in [5.41, 5.74) is 1.16. The van der Waals surface area contributed by atoms with Gasteiger partial charge in [0.15, 0.2) is 0 Å². The highest BCUT2D eigenvalue weighted by atomic mass is 35.5. The Morgan fingerprint density at radius 3 is 2.67 bits per heavy atom. The van der Waals surface area contributed by atoms with Crippen molar-refractivity contribution >= 4 is 21.6 Å². The van der Waals surface area contributed by atoms with Crippen molar-refractivity contribution in [3.05, 3.63) is 34.9 Å². The van der Waals surface area contributed by atoms with E-state index in [1.165, 1.54) is 0 Å². The molecule has 0 bridgehead atoms. The van der Waals surface area contributed by atoms with Gasteiger partial charge in [-0.25, -0.2) is 12.7 Å². The molecule has 118 valence electrons. The van der Waals surface area contributed by atoms with E-state index in [-0.39, 0.29) is 11.7 Å². The summed E-state index contributed by atoms with van der Waals surface area (Å²) in [6.07, 6.45) is 2.31. The maximum absolute atomic E-state index is 12.3. The Labute approximate surface area is 132 Å². The van der Waals surface area contributed by atoms with E-state index >= 15 is 0 Å². The Morgan fingerprint density at radius 2 is 2.00 bits per heavy atom. The molecule has 1 aromatic carbocycles. The Morgan fingerprint density at radius 1 is 1.29 bits per heavy atom. The normalized spacial score (nSPS) is 20.0. The molecule has 0 aliphatic carbocycles. The molecular formula is C15H22ClNO3S. The van der Waals surface area contributed by atoms with Crippen LogP contribution in [-0.2, 0) is 14.8 Å². The second-order valence-corrected chi connectivity index (χ2v) is 7.94. The van der Waals surface area contributed by atoms with Gasteiger partial charge in [0.2, 0.25) is 10.0 Å². The molecule has 0 amide bonds. The maximum Gasteiger partial charge on any atom is 0.214 e. The van der Waals surface area contributed by atoms with Crippen molar-refractivity contribution in [1.29, 1.82) is 0 Å². The van der Waals surface area contributed by atoms with Crippen molar-refractivity contribution in [2.24, 2.45) is 0 Å². The third-order valence-electron chi connectivity index (χ3n) is 3.89. The van der Waals surface area contributed by atoms with E-state index in [0.717, 1.165) is 18.4 Å². The zero-order valence-electron chi connectivity index (χ0n) is 12.3. The highest BCUT2D eigenvalue weighted by Gasteiger charge is 2.31. The standard InChI is InChI=1S/C15H22ClNO3S/c1-20-10-2-3-11-21(18,19)17-9-8-14(12-17)13-4-6-15(16)7-5-13/h4-7,14H,2-3,8-12H2,1H3. The molecule has 1 heterocycles. The summed E-state index contributed by atoms with van der Waals surface area (Å²) in [5, 5.41) is 0.708. The van der Waals surface area contributed by atoms with Gasteiger partial charge in [-0.15, -0.1) is 0 Å². The molecule has 0 aromatic heterocycles. The van der Waals surface area contributed by atoms with Crippen molar-refractivity contribution in [1.82, 2.24) is 4.31 Å². The smallest absolute Gasteiger partial charge is 0.214 e. The SMILES string of the molecule is COCCCCS(=O)(=O)N1CCC(c2ccc(Cl)cc2)C1. The van der Waals surface area contributed by atoms with E-state index in [9.17, 15) is 8.42 Å². The summed E-state index contributed by atoms with van der Waals surface area (Å²) in [6.45, 7) is 1.80. The van der Waals surface area contributed by atoms with E-state index in [2.05, 4.69) is 0 Å². The third-order valence-corrected chi connectivity index (χ3v) is 6.06. The summed E-state index contributed by atoms with van der Waals surface area (Å²) in [7, 11) is -1.51. The lowest BCUT2D eigenvalue weighted by Crippen LogP contribution is -2.31. The molecular weight excluding hydrogens is 310 g/mol. The summed E-state index contributed by atoms with van der Waals surface area (Å²) in [5.74, 6) is 0.486. The number of ether oxygens (including phenoxy) is 1. The fraction of sp³-hybridized carbons (Fsp3) is 0.600. The molecule has 1 aromatic rings. The van der Waals surface area contributed by atoms with Crippen LogP contribution in [0, 0.1) is 0 Å². The number of methoxy groups -OCH3 is 1. The molecule has 0 N–H and O–H groups in total. The van der Waals surface area contributed by atoms with Crippen LogP contribution >= 0.6 is 11.6 Å². The minimum atomic E-state index is -3.14. The predicted octanol–water partition coefficient (Wildman–Crippen LogP) is 2.89. The van der Waals surface area contributed by atoms with Crippen LogP contribution in [0.5, 0.6) is 0 Å². The molecule has 21 heavy (non-hydrogen) atoms. The Bertz CT molecular complexity index is 545. The zero-order chi connectivity index (χ0) is 15.3. The summed E-state index contributed by atoms with van der Waals surface area (Å²) >= 11 is 5.89.